The highest BCUT2D eigenvalue weighted by Crippen LogP contribution is 2.43. The molecule has 5 heteroatoms. The molecule has 0 radical (unpaired) electrons. The second-order valence-corrected chi connectivity index (χ2v) is 10.0. The Hall–Kier alpha value is -0.200. The van der Waals surface area contributed by atoms with Crippen molar-refractivity contribution in [2.45, 2.75) is 115 Å². The molecule has 0 amide bonds. The first-order valence-corrected chi connectivity index (χ1v) is 8.78. The van der Waals surface area contributed by atoms with Crippen molar-refractivity contribution in [1.82, 2.24) is 10.1 Å². The molecule has 0 bridgehead atoms. The molecular weight excluding hydrogens is 292 g/mol. The summed E-state index contributed by atoms with van der Waals surface area (Å²) in [6, 6.07) is 0. The lowest BCUT2D eigenvalue weighted by molar-refractivity contribution is -0.145. The molecule has 2 aliphatic rings. The minimum atomic E-state index is -0.420. The van der Waals surface area contributed by atoms with Gasteiger partial charge in [0.15, 0.2) is 0 Å². The standard InChI is InChI=1S/C18H34N2O3/c1-15(2)9-13(10-16(3,4)19(15)21)23-14-11-17(5,6)20(22)18(7,8)12-14/h13-14H,9-12H2,1-8H3/q-2. The third-order valence-corrected chi connectivity index (χ3v) is 5.49. The Morgan fingerprint density at radius 3 is 1.04 bits per heavy atom. The number of hydrogen-bond acceptors (Lipinski definition) is 5. The molecule has 5 nitrogen and oxygen atoms in total. The van der Waals surface area contributed by atoms with E-state index in [9.17, 15) is 10.4 Å². The maximum atomic E-state index is 12.5. The highest BCUT2D eigenvalue weighted by atomic mass is 16.5. The molecule has 2 saturated heterocycles. The summed E-state index contributed by atoms with van der Waals surface area (Å²) in [7, 11) is 0. The molecule has 2 rings (SSSR count). The number of rotatable bonds is 2. The van der Waals surface area contributed by atoms with E-state index in [4.69, 9.17) is 4.74 Å². The van der Waals surface area contributed by atoms with Crippen LogP contribution in [0.25, 0.3) is 0 Å². The van der Waals surface area contributed by atoms with Crippen molar-refractivity contribution >= 4 is 0 Å². The maximum absolute atomic E-state index is 12.5. The van der Waals surface area contributed by atoms with Gasteiger partial charge in [0.2, 0.25) is 0 Å². The fraction of sp³-hybridized carbons (Fsp3) is 1.00. The van der Waals surface area contributed by atoms with Gasteiger partial charge in [-0.3, -0.25) is 0 Å². The lowest BCUT2D eigenvalue weighted by Gasteiger charge is -2.62. The molecule has 0 aliphatic carbocycles. The summed E-state index contributed by atoms with van der Waals surface area (Å²) >= 11 is 0. The molecule has 0 spiro atoms. The fourth-order valence-electron chi connectivity index (χ4n) is 4.81. The molecule has 2 aliphatic heterocycles. The highest BCUT2D eigenvalue weighted by molar-refractivity contribution is 5.04. The van der Waals surface area contributed by atoms with Crippen LogP contribution >= 0.6 is 0 Å². The van der Waals surface area contributed by atoms with Gasteiger partial charge < -0.3 is 25.3 Å². The van der Waals surface area contributed by atoms with Crippen molar-refractivity contribution in [2.75, 3.05) is 0 Å². The van der Waals surface area contributed by atoms with Crippen molar-refractivity contribution in [3.63, 3.8) is 0 Å². The van der Waals surface area contributed by atoms with Gasteiger partial charge in [0.05, 0.1) is 12.2 Å². The molecule has 0 atom stereocenters. The molecule has 0 aromatic rings. The quantitative estimate of drug-likeness (QED) is 0.766. The summed E-state index contributed by atoms with van der Waals surface area (Å²) in [4.78, 5) is 0. The highest BCUT2D eigenvalue weighted by Gasteiger charge is 2.45. The van der Waals surface area contributed by atoms with E-state index < -0.39 is 22.2 Å². The monoisotopic (exact) mass is 326 g/mol. The molecule has 0 N–H and O–H groups in total. The van der Waals surface area contributed by atoms with E-state index in [1.807, 2.05) is 55.4 Å². The first-order valence-electron chi connectivity index (χ1n) is 8.78. The van der Waals surface area contributed by atoms with E-state index in [0.717, 1.165) is 25.7 Å². The largest absolute Gasteiger partial charge is 0.784 e. The zero-order valence-electron chi connectivity index (χ0n) is 16.1. The second kappa shape index (κ2) is 5.67. The van der Waals surface area contributed by atoms with Gasteiger partial charge in [0, 0.05) is 22.2 Å². The van der Waals surface area contributed by atoms with Gasteiger partial charge in [-0.25, -0.2) is 0 Å². The van der Waals surface area contributed by atoms with Crippen LogP contribution in [0.2, 0.25) is 0 Å². The van der Waals surface area contributed by atoms with Crippen LogP contribution in [0.3, 0.4) is 0 Å². The van der Waals surface area contributed by atoms with Gasteiger partial charge in [-0.15, -0.1) is 0 Å². The normalized spacial score (nSPS) is 32.1. The number of piperidine rings is 2. The van der Waals surface area contributed by atoms with Crippen molar-refractivity contribution in [2.24, 2.45) is 0 Å². The maximum Gasteiger partial charge on any atom is 0.0613 e. The Morgan fingerprint density at radius 1 is 0.609 bits per heavy atom. The van der Waals surface area contributed by atoms with Crippen LogP contribution in [0.4, 0.5) is 0 Å². The van der Waals surface area contributed by atoms with Crippen LogP contribution in [0.5, 0.6) is 0 Å². The molecular formula is C18H34N2O3-2. The van der Waals surface area contributed by atoms with Crippen molar-refractivity contribution < 1.29 is 4.74 Å². The molecule has 0 aromatic carbocycles. The van der Waals surface area contributed by atoms with Crippen molar-refractivity contribution in [3.8, 4) is 0 Å². The average Bonchev–Trinajstić information content (AvgIpc) is 2.31. The molecule has 136 valence electrons. The van der Waals surface area contributed by atoms with Gasteiger partial charge in [-0.05, 0) is 81.1 Å². The first-order chi connectivity index (χ1) is 10.2. The summed E-state index contributed by atoms with van der Waals surface area (Å²) in [5, 5.41) is 27.4. The number of hydrogen-bond donors (Lipinski definition) is 0. The van der Waals surface area contributed by atoms with Gasteiger partial charge in [-0.1, -0.05) is 0 Å². The number of ether oxygens (including phenoxy) is 1. The zero-order valence-corrected chi connectivity index (χ0v) is 16.1. The smallest absolute Gasteiger partial charge is 0.0613 e. The van der Waals surface area contributed by atoms with E-state index >= 15 is 0 Å². The van der Waals surface area contributed by atoms with E-state index in [2.05, 4.69) is 0 Å². The first kappa shape index (κ1) is 19.1. The topological polar surface area (TPSA) is 61.8 Å². The molecule has 23 heavy (non-hydrogen) atoms. The average molecular weight is 326 g/mol. The summed E-state index contributed by atoms with van der Waals surface area (Å²) in [6.45, 7) is 15.9. The SMILES string of the molecule is CC1(C)CC(OC2CC(C)(C)N([O-])C(C)(C)C2)CC(C)(C)N1[O-]. The third-order valence-electron chi connectivity index (χ3n) is 5.49. The summed E-state index contributed by atoms with van der Waals surface area (Å²) in [5.41, 5.74) is -1.68. The van der Waals surface area contributed by atoms with Crippen molar-refractivity contribution in [3.05, 3.63) is 10.4 Å². The summed E-state index contributed by atoms with van der Waals surface area (Å²) < 4.78 is 6.44. The van der Waals surface area contributed by atoms with Gasteiger partial charge in [0.25, 0.3) is 0 Å². The van der Waals surface area contributed by atoms with Crippen LogP contribution in [0.15, 0.2) is 0 Å². The van der Waals surface area contributed by atoms with E-state index in [0.29, 0.717) is 0 Å². The van der Waals surface area contributed by atoms with E-state index in [1.54, 1.807) is 0 Å². The van der Waals surface area contributed by atoms with Crippen LogP contribution in [-0.4, -0.2) is 44.5 Å². The van der Waals surface area contributed by atoms with E-state index in [1.165, 1.54) is 10.1 Å². The Labute approximate surface area is 141 Å². The van der Waals surface area contributed by atoms with Crippen molar-refractivity contribution in [1.29, 1.82) is 0 Å². The third kappa shape index (κ3) is 3.74. The Kier molecular flexibility index (Phi) is 4.71. The minimum absolute atomic E-state index is 0.0694. The van der Waals surface area contributed by atoms with Crippen LogP contribution in [-0.2, 0) is 4.74 Å². The lowest BCUT2D eigenvalue weighted by Crippen LogP contribution is -2.62. The second-order valence-electron chi connectivity index (χ2n) is 10.0. The Bertz CT molecular complexity index is 370. The van der Waals surface area contributed by atoms with Crippen LogP contribution < -0.4 is 0 Å². The molecule has 0 aromatic heterocycles. The fourth-order valence-corrected chi connectivity index (χ4v) is 4.81. The lowest BCUT2D eigenvalue weighted by atomic mass is 9.78. The molecule has 0 unspecified atom stereocenters. The minimum Gasteiger partial charge on any atom is -0.784 e. The van der Waals surface area contributed by atoms with Crippen LogP contribution in [0.1, 0.15) is 81.1 Å². The number of nitrogens with zero attached hydrogens (tertiary/aromatic N) is 2. The van der Waals surface area contributed by atoms with Crippen LogP contribution in [0, 0.1) is 10.4 Å². The Balaban J connectivity index is 2.10. The molecule has 2 fully saturated rings. The summed E-state index contributed by atoms with van der Waals surface area (Å²) in [5.74, 6) is 0. The van der Waals surface area contributed by atoms with Gasteiger partial charge in [0.1, 0.15) is 0 Å². The predicted molar refractivity (Wildman–Crippen MR) is 93.9 cm³/mol. The van der Waals surface area contributed by atoms with Gasteiger partial charge >= 0.3 is 0 Å². The molecule has 0 saturated carbocycles. The summed E-state index contributed by atoms with van der Waals surface area (Å²) in [6.07, 6.45) is 3.08. The Morgan fingerprint density at radius 2 is 0.826 bits per heavy atom. The van der Waals surface area contributed by atoms with Gasteiger partial charge in [-0.2, -0.15) is 0 Å². The van der Waals surface area contributed by atoms with E-state index in [-0.39, 0.29) is 12.2 Å². The number of hydroxylamine groups is 4. The zero-order chi connectivity index (χ0) is 17.8. The predicted octanol–water partition coefficient (Wildman–Crippen LogP) is 4.04. The molecule has 2 heterocycles.